The van der Waals surface area contributed by atoms with E-state index in [1.807, 2.05) is 58.7 Å². The summed E-state index contributed by atoms with van der Waals surface area (Å²) in [6.45, 7) is 0.256. The molecule has 0 saturated heterocycles. The number of ether oxygens (including phenoxy) is 1. The first-order valence-corrected chi connectivity index (χ1v) is 10.3. The van der Waals surface area contributed by atoms with Crippen LogP contribution in [-0.2, 0) is 6.54 Å². The molecule has 2 aromatic heterocycles. The van der Waals surface area contributed by atoms with Crippen LogP contribution in [0.15, 0.2) is 78.4 Å². The first kappa shape index (κ1) is 19.3. The molecule has 2 heterocycles. The first-order valence-electron chi connectivity index (χ1n) is 9.00. The van der Waals surface area contributed by atoms with Gasteiger partial charge in [-0.1, -0.05) is 11.6 Å². The van der Waals surface area contributed by atoms with Crippen molar-refractivity contribution in [2.45, 2.75) is 6.54 Å². The highest BCUT2D eigenvalue weighted by molar-refractivity contribution is 7.13. The molecule has 0 unspecified atom stereocenters. The van der Waals surface area contributed by atoms with Gasteiger partial charge in [-0.2, -0.15) is 4.57 Å². The van der Waals surface area contributed by atoms with E-state index in [0.29, 0.717) is 10.6 Å². The van der Waals surface area contributed by atoms with Crippen LogP contribution < -0.4 is 9.30 Å². The predicted molar refractivity (Wildman–Crippen MR) is 116 cm³/mol. The molecular formula is C23H18ClN2O2S+. The van der Waals surface area contributed by atoms with Crippen molar-refractivity contribution in [1.82, 2.24) is 4.98 Å². The number of pyridine rings is 1. The average molecular weight is 422 g/mol. The Morgan fingerprint density at radius 2 is 1.83 bits per heavy atom. The number of carbonyl (C=O) groups excluding carboxylic acids is 1. The van der Waals surface area contributed by atoms with Crippen molar-refractivity contribution in [3.05, 3.63) is 89.0 Å². The minimum absolute atomic E-state index is 0.0295. The Balaban J connectivity index is 1.53. The standard InChI is InChI=1S/C23H18ClN2O2S/c1-28-20-10-6-16(7-11-20)21-15-29-23(25-21)18-3-2-12-26(13-18)14-22(27)17-4-8-19(24)9-5-17/h2-13,15H,14H2,1H3/q+1. The summed E-state index contributed by atoms with van der Waals surface area (Å²) in [4.78, 5) is 17.3. The van der Waals surface area contributed by atoms with Crippen LogP contribution in [0.3, 0.4) is 0 Å². The second-order valence-electron chi connectivity index (χ2n) is 6.46. The topological polar surface area (TPSA) is 43.1 Å². The lowest BCUT2D eigenvalue weighted by molar-refractivity contribution is -0.682. The van der Waals surface area contributed by atoms with Gasteiger partial charge >= 0.3 is 0 Å². The summed E-state index contributed by atoms with van der Waals surface area (Å²) < 4.78 is 7.08. The van der Waals surface area contributed by atoms with E-state index in [2.05, 4.69) is 0 Å². The first-order chi connectivity index (χ1) is 14.1. The van der Waals surface area contributed by atoms with Gasteiger partial charge < -0.3 is 4.74 Å². The van der Waals surface area contributed by atoms with Crippen LogP contribution in [-0.4, -0.2) is 17.9 Å². The fourth-order valence-electron chi connectivity index (χ4n) is 2.94. The third-order valence-electron chi connectivity index (χ3n) is 4.49. The van der Waals surface area contributed by atoms with Crippen LogP contribution in [0.5, 0.6) is 5.75 Å². The Kier molecular flexibility index (Phi) is 5.69. The molecular weight excluding hydrogens is 404 g/mol. The summed E-state index contributed by atoms with van der Waals surface area (Å²) >= 11 is 7.48. The van der Waals surface area contributed by atoms with Crippen molar-refractivity contribution in [2.75, 3.05) is 7.11 Å². The molecule has 0 saturated carbocycles. The van der Waals surface area contributed by atoms with Crippen LogP contribution in [0.25, 0.3) is 21.8 Å². The summed E-state index contributed by atoms with van der Waals surface area (Å²) in [7, 11) is 1.65. The Morgan fingerprint density at radius 3 is 2.55 bits per heavy atom. The van der Waals surface area contributed by atoms with E-state index in [1.165, 1.54) is 0 Å². The minimum atomic E-state index is 0.0295. The molecule has 2 aromatic carbocycles. The molecule has 4 aromatic rings. The lowest BCUT2D eigenvalue weighted by Gasteiger charge is -2.01. The van der Waals surface area contributed by atoms with Gasteiger partial charge in [-0.15, -0.1) is 11.3 Å². The fourth-order valence-corrected chi connectivity index (χ4v) is 3.89. The third-order valence-corrected chi connectivity index (χ3v) is 5.63. The van der Waals surface area contributed by atoms with E-state index >= 15 is 0 Å². The van der Waals surface area contributed by atoms with Gasteiger partial charge in [0.25, 0.3) is 0 Å². The number of nitrogens with zero attached hydrogens (tertiary/aromatic N) is 2. The molecule has 0 radical (unpaired) electrons. The minimum Gasteiger partial charge on any atom is -0.497 e. The molecule has 144 valence electrons. The summed E-state index contributed by atoms with van der Waals surface area (Å²) in [6, 6.07) is 18.7. The van der Waals surface area contributed by atoms with E-state index in [-0.39, 0.29) is 12.3 Å². The van der Waals surface area contributed by atoms with Crippen molar-refractivity contribution in [1.29, 1.82) is 0 Å². The molecule has 0 aliphatic carbocycles. The van der Waals surface area contributed by atoms with Gasteiger partial charge in [0.05, 0.1) is 18.4 Å². The largest absolute Gasteiger partial charge is 0.497 e. The quantitative estimate of drug-likeness (QED) is 0.313. The number of Topliss-reactive ketones (excluding diaryl/α,β-unsaturated/α-hetero) is 1. The number of methoxy groups -OCH3 is 1. The van der Waals surface area contributed by atoms with Gasteiger partial charge in [0.15, 0.2) is 12.4 Å². The van der Waals surface area contributed by atoms with Crippen molar-refractivity contribution in [3.8, 4) is 27.6 Å². The van der Waals surface area contributed by atoms with Crippen LogP contribution in [0.2, 0.25) is 5.02 Å². The second kappa shape index (κ2) is 8.55. The zero-order valence-corrected chi connectivity index (χ0v) is 17.3. The summed E-state index contributed by atoms with van der Waals surface area (Å²) in [5, 5.41) is 3.56. The Labute approximate surface area is 178 Å². The Hall–Kier alpha value is -3.02. The summed E-state index contributed by atoms with van der Waals surface area (Å²) in [5.74, 6) is 0.848. The Bertz CT molecular complexity index is 1140. The van der Waals surface area contributed by atoms with E-state index in [0.717, 1.165) is 27.6 Å². The van der Waals surface area contributed by atoms with Crippen molar-refractivity contribution >= 4 is 28.7 Å². The molecule has 0 aliphatic heterocycles. The molecule has 0 amide bonds. The van der Waals surface area contributed by atoms with Gasteiger partial charge in [0.2, 0.25) is 12.3 Å². The van der Waals surface area contributed by atoms with E-state index < -0.39 is 0 Å². The number of hydrogen-bond donors (Lipinski definition) is 0. The lowest BCUT2D eigenvalue weighted by Crippen LogP contribution is -2.37. The van der Waals surface area contributed by atoms with Crippen molar-refractivity contribution in [3.63, 3.8) is 0 Å². The van der Waals surface area contributed by atoms with Crippen LogP contribution >= 0.6 is 22.9 Å². The number of rotatable bonds is 6. The monoisotopic (exact) mass is 421 g/mol. The van der Waals surface area contributed by atoms with E-state index in [9.17, 15) is 4.79 Å². The van der Waals surface area contributed by atoms with Gasteiger partial charge in [-0.25, -0.2) is 4.98 Å². The van der Waals surface area contributed by atoms with Gasteiger partial charge in [-0.05, 0) is 54.6 Å². The molecule has 6 heteroatoms. The van der Waals surface area contributed by atoms with Gasteiger partial charge in [0.1, 0.15) is 10.8 Å². The number of halogens is 1. The van der Waals surface area contributed by atoms with Crippen molar-refractivity contribution < 1.29 is 14.1 Å². The highest BCUT2D eigenvalue weighted by atomic mass is 35.5. The number of hydrogen-bond acceptors (Lipinski definition) is 4. The molecule has 4 nitrogen and oxygen atoms in total. The third kappa shape index (κ3) is 4.53. The van der Waals surface area contributed by atoms with Gasteiger partial charge in [0, 0.05) is 27.6 Å². The molecule has 0 spiro atoms. The summed E-state index contributed by atoms with van der Waals surface area (Å²) in [6.07, 6.45) is 3.83. The van der Waals surface area contributed by atoms with Crippen LogP contribution in [0, 0.1) is 0 Å². The van der Waals surface area contributed by atoms with Crippen LogP contribution in [0.4, 0.5) is 0 Å². The van der Waals surface area contributed by atoms with E-state index in [4.69, 9.17) is 21.3 Å². The SMILES string of the molecule is COc1ccc(-c2csc(-c3ccc[n+](CC(=O)c4ccc(Cl)cc4)c3)n2)cc1. The molecule has 0 N–H and O–H groups in total. The Morgan fingerprint density at radius 1 is 1.07 bits per heavy atom. The maximum absolute atomic E-state index is 12.5. The molecule has 0 aliphatic rings. The van der Waals surface area contributed by atoms with Gasteiger partial charge in [-0.3, -0.25) is 4.79 Å². The maximum atomic E-state index is 12.5. The predicted octanol–water partition coefficient (Wildman–Crippen LogP) is 5.31. The zero-order chi connectivity index (χ0) is 20.2. The summed E-state index contributed by atoms with van der Waals surface area (Å²) in [5.41, 5.74) is 3.57. The number of benzene rings is 2. The lowest BCUT2D eigenvalue weighted by atomic mass is 10.1. The second-order valence-corrected chi connectivity index (χ2v) is 7.76. The van der Waals surface area contributed by atoms with Crippen molar-refractivity contribution in [2.24, 2.45) is 0 Å². The molecule has 0 atom stereocenters. The molecule has 0 fully saturated rings. The number of aromatic nitrogens is 2. The highest BCUT2D eigenvalue weighted by Crippen LogP contribution is 2.29. The van der Waals surface area contributed by atoms with Crippen LogP contribution in [0.1, 0.15) is 10.4 Å². The maximum Gasteiger partial charge on any atom is 0.227 e. The van der Waals surface area contributed by atoms with E-state index in [1.54, 1.807) is 42.7 Å². The molecule has 4 rings (SSSR count). The molecule has 0 bridgehead atoms. The smallest absolute Gasteiger partial charge is 0.227 e. The fraction of sp³-hybridized carbons (Fsp3) is 0.0870. The number of thiazole rings is 1. The normalized spacial score (nSPS) is 10.7. The zero-order valence-electron chi connectivity index (χ0n) is 15.7. The average Bonchev–Trinajstić information content (AvgIpc) is 3.25. The number of ketones is 1. The molecule has 29 heavy (non-hydrogen) atoms. The number of carbonyl (C=O) groups is 1. The highest BCUT2D eigenvalue weighted by Gasteiger charge is 2.15.